The Morgan fingerprint density at radius 1 is 1.21 bits per heavy atom. The third-order valence-corrected chi connectivity index (χ3v) is 2.14. The predicted molar refractivity (Wildman–Crippen MR) is 61.1 cm³/mol. The van der Waals surface area contributed by atoms with Crippen LogP contribution < -0.4 is 0 Å². The molecule has 0 aliphatic carbocycles. The summed E-state index contributed by atoms with van der Waals surface area (Å²) < 4.78 is 55.7. The summed E-state index contributed by atoms with van der Waals surface area (Å²) in [6.07, 6.45) is -4.81. The van der Waals surface area contributed by atoms with Crippen LogP contribution in [0.2, 0.25) is 0 Å². The van der Waals surface area contributed by atoms with Gasteiger partial charge in [-0.15, -0.1) is 0 Å². The first-order chi connectivity index (χ1) is 8.50. The molecule has 0 heterocycles. The van der Waals surface area contributed by atoms with E-state index >= 15 is 0 Å². The number of hydrogen-bond donors (Lipinski definition) is 0. The monoisotopic (exact) mass is 278 g/mol. The predicted octanol–water partition coefficient (Wildman–Crippen LogP) is 4.05. The molecule has 0 aromatic heterocycles. The molecule has 0 radical (unpaired) electrons. The van der Waals surface area contributed by atoms with Crippen molar-refractivity contribution in [3.05, 3.63) is 35.1 Å². The Hall–Kier alpha value is -1.59. The van der Waals surface area contributed by atoms with E-state index in [1.54, 1.807) is 20.8 Å². The van der Waals surface area contributed by atoms with E-state index in [1.807, 2.05) is 0 Å². The molecule has 0 unspecified atom stereocenters. The van der Waals surface area contributed by atoms with Crippen LogP contribution in [0.1, 0.15) is 36.7 Å². The molecule has 19 heavy (non-hydrogen) atoms. The quantitative estimate of drug-likeness (QED) is 0.602. The Morgan fingerprint density at radius 3 is 2.26 bits per heavy atom. The van der Waals surface area contributed by atoms with Crippen LogP contribution in [0.5, 0.6) is 0 Å². The van der Waals surface area contributed by atoms with Crippen molar-refractivity contribution in [1.29, 1.82) is 0 Å². The number of rotatable bonds is 2. The van der Waals surface area contributed by atoms with Gasteiger partial charge in [-0.05, 0) is 23.6 Å². The molecule has 0 amide bonds. The third-order valence-electron chi connectivity index (χ3n) is 2.14. The molecule has 2 nitrogen and oxygen atoms in total. The van der Waals surface area contributed by atoms with E-state index in [4.69, 9.17) is 4.74 Å². The highest BCUT2D eigenvalue weighted by Crippen LogP contribution is 2.33. The normalized spacial score (nSPS) is 12.4. The zero-order valence-electron chi connectivity index (χ0n) is 10.8. The van der Waals surface area contributed by atoms with Crippen molar-refractivity contribution in [1.82, 2.24) is 0 Å². The molecule has 0 spiro atoms. The Balaban J connectivity index is 3.03. The van der Waals surface area contributed by atoms with Crippen molar-refractivity contribution >= 4 is 5.97 Å². The van der Waals surface area contributed by atoms with E-state index in [0.29, 0.717) is 0 Å². The van der Waals surface area contributed by atoms with Crippen molar-refractivity contribution in [3.63, 3.8) is 0 Å². The van der Waals surface area contributed by atoms with Crippen molar-refractivity contribution in [3.8, 4) is 0 Å². The lowest BCUT2D eigenvalue weighted by Gasteiger charge is -2.19. The second kappa shape index (κ2) is 5.19. The number of alkyl halides is 3. The summed E-state index contributed by atoms with van der Waals surface area (Å²) in [5.41, 5.74) is -2.38. The number of carbonyl (C=O) groups excluding carboxylic acids is 1. The van der Waals surface area contributed by atoms with Gasteiger partial charge >= 0.3 is 12.1 Å². The van der Waals surface area contributed by atoms with E-state index < -0.39 is 29.1 Å². The molecule has 1 aromatic carbocycles. The Bertz CT molecular complexity index is 473. The molecular formula is C13H14F4O2. The van der Waals surface area contributed by atoms with Gasteiger partial charge < -0.3 is 4.74 Å². The van der Waals surface area contributed by atoms with Gasteiger partial charge in [-0.3, -0.25) is 0 Å². The summed E-state index contributed by atoms with van der Waals surface area (Å²) in [4.78, 5) is 11.6. The van der Waals surface area contributed by atoms with Crippen molar-refractivity contribution in [2.75, 3.05) is 6.61 Å². The molecule has 0 saturated heterocycles. The maximum absolute atomic E-state index is 12.9. The maximum Gasteiger partial charge on any atom is 0.417 e. The van der Waals surface area contributed by atoms with E-state index in [-0.39, 0.29) is 18.1 Å². The van der Waals surface area contributed by atoms with Crippen LogP contribution in [0.15, 0.2) is 18.2 Å². The molecule has 0 fully saturated rings. The van der Waals surface area contributed by atoms with Crippen LogP contribution in [0.3, 0.4) is 0 Å². The van der Waals surface area contributed by atoms with Gasteiger partial charge in [0, 0.05) is 0 Å². The molecule has 0 atom stereocenters. The molecule has 0 aliphatic heterocycles. The lowest BCUT2D eigenvalue weighted by Crippen LogP contribution is -2.21. The number of benzene rings is 1. The van der Waals surface area contributed by atoms with Crippen molar-refractivity contribution < 1.29 is 27.1 Å². The van der Waals surface area contributed by atoms with E-state index in [0.717, 1.165) is 12.1 Å². The fourth-order valence-electron chi connectivity index (χ4n) is 1.29. The molecular weight excluding hydrogens is 264 g/mol. The standard InChI is InChI=1S/C13H14F4O2/c1-12(2,3)7-19-11(18)9-5-4-8(14)6-10(9)13(15,16)17/h4-6H,7H2,1-3H3. The van der Waals surface area contributed by atoms with Gasteiger partial charge in [0.25, 0.3) is 0 Å². The molecule has 0 bridgehead atoms. The van der Waals surface area contributed by atoms with Crippen molar-refractivity contribution in [2.45, 2.75) is 26.9 Å². The third kappa shape index (κ3) is 4.54. The Morgan fingerprint density at radius 2 is 1.79 bits per heavy atom. The fraction of sp³-hybridized carbons (Fsp3) is 0.462. The van der Waals surface area contributed by atoms with E-state index in [1.165, 1.54) is 0 Å². The van der Waals surface area contributed by atoms with Crippen LogP contribution in [-0.4, -0.2) is 12.6 Å². The minimum absolute atomic E-state index is 0.0273. The molecule has 0 saturated carbocycles. The smallest absolute Gasteiger partial charge is 0.417 e. The summed E-state index contributed by atoms with van der Waals surface area (Å²) in [5, 5.41) is 0. The summed E-state index contributed by atoms with van der Waals surface area (Å²) >= 11 is 0. The summed E-state index contributed by atoms with van der Waals surface area (Å²) in [6.45, 7) is 5.29. The van der Waals surface area contributed by atoms with E-state index in [2.05, 4.69) is 0 Å². The Kier molecular flexibility index (Phi) is 4.22. The lowest BCUT2D eigenvalue weighted by atomic mass is 9.98. The van der Waals surface area contributed by atoms with Gasteiger partial charge in [0.1, 0.15) is 5.82 Å². The first kappa shape index (κ1) is 15.5. The number of ether oxygens (including phenoxy) is 1. The van der Waals surface area contributed by atoms with Crippen LogP contribution >= 0.6 is 0 Å². The lowest BCUT2D eigenvalue weighted by molar-refractivity contribution is -0.138. The number of esters is 1. The first-order valence-corrected chi connectivity index (χ1v) is 5.54. The topological polar surface area (TPSA) is 26.3 Å². The molecule has 106 valence electrons. The average molecular weight is 278 g/mol. The second-order valence-corrected chi connectivity index (χ2v) is 5.32. The average Bonchev–Trinajstić information content (AvgIpc) is 2.23. The van der Waals surface area contributed by atoms with Gasteiger partial charge in [-0.25, -0.2) is 9.18 Å². The molecule has 1 aromatic rings. The largest absolute Gasteiger partial charge is 0.462 e. The summed E-state index contributed by atoms with van der Waals surface area (Å²) in [7, 11) is 0. The Labute approximate surface area is 108 Å². The maximum atomic E-state index is 12.9. The minimum atomic E-state index is -4.81. The first-order valence-electron chi connectivity index (χ1n) is 5.54. The molecule has 0 aliphatic rings. The highest BCUT2D eigenvalue weighted by Gasteiger charge is 2.36. The van der Waals surface area contributed by atoms with E-state index in [9.17, 15) is 22.4 Å². The molecule has 6 heteroatoms. The minimum Gasteiger partial charge on any atom is -0.462 e. The molecule has 1 rings (SSSR count). The van der Waals surface area contributed by atoms with Crippen LogP contribution in [0, 0.1) is 11.2 Å². The zero-order valence-corrected chi connectivity index (χ0v) is 10.8. The number of carbonyl (C=O) groups is 1. The van der Waals surface area contributed by atoms with Gasteiger partial charge in [-0.1, -0.05) is 20.8 Å². The van der Waals surface area contributed by atoms with Crippen LogP contribution in [0.4, 0.5) is 17.6 Å². The second-order valence-electron chi connectivity index (χ2n) is 5.32. The fourth-order valence-corrected chi connectivity index (χ4v) is 1.29. The number of hydrogen-bond acceptors (Lipinski definition) is 2. The highest BCUT2D eigenvalue weighted by atomic mass is 19.4. The highest BCUT2D eigenvalue weighted by molar-refractivity contribution is 5.91. The number of halogens is 4. The van der Waals surface area contributed by atoms with Crippen LogP contribution in [0.25, 0.3) is 0 Å². The van der Waals surface area contributed by atoms with Crippen molar-refractivity contribution in [2.24, 2.45) is 5.41 Å². The summed E-state index contributed by atoms with van der Waals surface area (Å²) in [5.74, 6) is -2.16. The SMILES string of the molecule is CC(C)(C)COC(=O)c1ccc(F)cc1C(F)(F)F. The molecule has 0 N–H and O–H groups in total. The van der Waals surface area contributed by atoms with Gasteiger partial charge in [-0.2, -0.15) is 13.2 Å². The van der Waals surface area contributed by atoms with Gasteiger partial charge in [0.15, 0.2) is 0 Å². The van der Waals surface area contributed by atoms with Gasteiger partial charge in [0.05, 0.1) is 17.7 Å². The zero-order chi connectivity index (χ0) is 14.8. The van der Waals surface area contributed by atoms with Gasteiger partial charge in [0.2, 0.25) is 0 Å². The van der Waals surface area contributed by atoms with Crippen LogP contribution in [-0.2, 0) is 10.9 Å². The summed E-state index contributed by atoms with van der Waals surface area (Å²) in [6, 6.07) is 1.86.